The zero-order valence-electron chi connectivity index (χ0n) is 11.3. The molecule has 1 fully saturated rings. The Morgan fingerprint density at radius 1 is 1.38 bits per heavy atom. The largest absolute Gasteiger partial charge is 0.326 e. The molecular formula is C13H26N2O. The van der Waals surface area contributed by atoms with Crippen LogP contribution in [0.1, 0.15) is 47.5 Å². The number of nitrogens with zero attached hydrogens (tertiary/aromatic N) is 1. The summed E-state index contributed by atoms with van der Waals surface area (Å²) >= 11 is 0. The van der Waals surface area contributed by atoms with Gasteiger partial charge in [0.2, 0.25) is 5.91 Å². The Kier molecular flexibility index (Phi) is 4.78. The third-order valence-electron chi connectivity index (χ3n) is 3.67. The summed E-state index contributed by atoms with van der Waals surface area (Å²) in [6.07, 6.45) is 2.29. The third-order valence-corrected chi connectivity index (χ3v) is 3.67. The quantitative estimate of drug-likeness (QED) is 0.779. The molecule has 1 N–H and O–H groups in total. The maximum Gasteiger partial charge on any atom is 0.241 e. The Hall–Kier alpha value is -0.570. The Bertz CT molecular complexity index is 240. The molecule has 0 aromatic rings. The summed E-state index contributed by atoms with van der Waals surface area (Å²) in [6.45, 7) is 11.5. The molecule has 0 bridgehead atoms. The van der Waals surface area contributed by atoms with Crippen LogP contribution < -0.4 is 5.32 Å². The van der Waals surface area contributed by atoms with Crippen molar-refractivity contribution in [2.24, 2.45) is 11.8 Å². The standard InChI is InChI=1S/C13H26N2O/c1-6-10(4)7-11(5)15-8-14-12(9(2)3)13(15)16/h9-12,14H,6-8H2,1-5H3. The van der Waals surface area contributed by atoms with Gasteiger partial charge in [0.05, 0.1) is 12.7 Å². The molecule has 0 spiro atoms. The molecule has 1 saturated heterocycles. The fourth-order valence-corrected chi connectivity index (χ4v) is 2.31. The fourth-order valence-electron chi connectivity index (χ4n) is 2.31. The fraction of sp³-hybridized carbons (Fsp3) is 0.923. The molecule has 1 heterocycles. The summed E-state index contributed by atoms with van der Waals surface area (Å²) in [7, 11) is 0. The van der Waals surface area contributed by atoms with Crippen molar-refractivity contribution in [2.45, 2.75) is 59.5 Å². The molecule has 3 nitrogen and oxygen atoms in total. The van der Waals surface area contributed by atoms with Crippen LogP contribution in [0.4, 0.5) is 0 Å². The molecule has 1 rings (SSSR count). The Labute approximate surface area is 99.6 Å². The van der Waals surface area contributed by atoms with E-state index in [1.807, 2.05) is 4.90 Å². The predicted molar refractivity (Wildman–Crippen MR) is 67.0 cm³/mol. The predicted octanol–water partition coefficient (Wildman–Crippen LogP) is 2.22. The molecule has 0 radical (unpaired) electrons. The van der Waals surface area contributed by atoms with E-state index >= 15 is 0 Å². The first-order valence-corrected chi connectivity index (χ1v) is 6.51. The second-order valence-corrected chi connectivity index (χ2v) is 5.49. The van der Waals surface area contributed by atoms with Crippen molar-refractivity contribution in [2.75, 3.05) is 6.67 Å². The number of carbonyl (C=O) groups is 1. The zero-order valence-corrected chi connectivity index (χ0v) is 11.3. The van der Waals surface area contributed by atoms with Gasteiger partial charge >= 0.3 is 0 Å². The maximum atomic E-state index is 12.1. The van der Waals surface area contributed by atoms with Gasteiger partial charge in [0, 0.05) is 6.04 Å². The molecule has 1 aliphatic rings. The van der Waals surface area contributed by atoms with Gasteiger partial charge in [0.25, 0.3) is 0 Å². The first-order valence-electron chi connectivity index (χ1n) is 6.51. The average molecular weight is 226 g/mol. The highest BCUT2D eigenvalue weighted by Crippen LogP contribution is 2.19. The van der Waals surface area contributed by atoms with E-state index in [0.29, 0.717) is 17.9 Å². The highest BCUT2D eigenvalue weighted by molar-refractivity contribution is 5.84. The summed E-state index contributed by atoms with van der Waals surface area (Å²) in [4.78, 5) is 14.1. The van der Waals surface area contributed by atoms with Gasteiger partial charge in [-0.05, 0) is 25.2 Å². The van der Waals surface area contributed by atoms with E-state index < -0.39 is 0 Å². The Morgan fingerprint density at radius 2 is 2.00 bits per heavy atom. The maximum absolute atomic E-state index is 12.1. The van der Waals surface area contributed by atoms with E-state index in [0.717, 1.165) is 13.1 Å². The second-order valence-electron chi connectivity index (χ2n) is 5.49. The lowest BCUT2D eigenvalue weighted by atomic mass is 9.99. The molecule has 0 saturated carbocycles. The summed E-state index contributed by atoms with van der Waals surface area (Å²) < 4.78 is 0. The lowest BCUT2D eigenvalue weighted by Crippen LogP contribution is -2.39. The summed E-state index contributed by atoms with van der Waals surface area (Å²) in [5.41, 5.74) is 0. The molecule has 16 heavy (non-hydrogen) atoms. The molecule has 0 aromatic carbocycles. The van der Waals surface area contributed by atoms with Crippen LogP contribution in [-0.2, 0) is 4.79 Å². The van der Waals surface area contributed by atoms with E-state index in [1.54, 1.807) is 0 Å². The smallest absolute Gasteiger partial charge is 0.241 e. The van der Waals surface area contributed by atoms with Gasteiger partial charge in [0.1, 0.15) is 0 Å². The van der Waals surface area contributed by atoms with E-state index in [-0.39, 0.29) is 11.9 Å². The van der Waals surface area contributed by atoms with Crippen molar-refractivity contribution in [3.8, 4) is 0 Å². The number of amides is 1. The van der Waals surface area contributed by atoms with Gasteiger partial charge < -0.3 is 4.90 Å². The monoisotopic (exact) mass is 226 g/mol. The van der Waals surface area contributed by atoms with Gasteiger partial charge in [-0.1, -0.05) is 34.1 Å². The van der Waals surface area contributed by atoms with Gasteiger partial charge in [-0.2, -0.15) is 0 Å². The minimum Gasteiger partial charge on any atom is -0.326 e. The van der Waals surface area contributed by atoms with Crippen molar-refractivity contribution >= 4 is 5.91 Å². The lowest BCUT2D eigenvalue weighted by Gasteiger charge is -2.26. The number of carbonyl (C=O) groups excluding carboxylic acids is 1. The molecule has 3 atom stereocenters. The van der Waals surface area contributed by atoms with Crippen LogP contribution in [0.25, 0.3) is 0 Å². The van der Waals surface area contributed by atoms with E-state index in [2.05, 4.69) is 39.9 Å². The van der Waals surface area contributed by atoms with Crippen molar-refractivity contribution in [1.82, 2.24) is 10.2 Å². The van der Waals surface area contributed by atoms with Crippen LogP contribution >= 0.6 is 0 Å². The number of nitrogens with one attached hydrogen (secondary N) is 1. The molecule has 1 aliphatic heterocycles. The van der Waals surface area contributed by atoms with Crippen LogP contribution in [0.15, 0.2) is 0 Å². The van der Waals surface area contributed by atoms with Crippen molar-refractivity contribution in [1.29, 1.82) is 0 Å². The van der Waals surface area contributed by atoms with E-state index in [9.17, 15) is 4.79 Å². The van der Waals surface area contributed by atoms with Crippen molar-refractivity contribution < 1.29 is 4.79 Å². The highest BCUT2D eigenvalue weighted by atomic mass is 16.2. The third kappa shape index (κ3) is 2.97. The van der Waals surface area contributed by atoms with Crippen LogP contribution in [0, 0.1) is 11.8 Å². The second kappa shape index (κ2) is 5.67. The van der Waals surface area contributed by atoms with Crippen LogP contribution in [-0.4, -0.2) is 29.6 Å². The first kappa shape index (κ1) is 13.5. The molecule has 1 amide bonds. The van der Waals surface area contributed by atoms with Gasteiger partial charge in [-0.25, -0.2) is 0 Å². The zero-order chi connectivity index (χ0) is 12.3. The van der Waals surface area contributed by atoms with Gasteiger partial charge in [-0.15, -0.1) is 0 Å². The Morgan fingerprint density at radius 3 is 2.44 bits per heavy atom. The summed E-state index contributed by atoms with van der Waals surface area (Å²) in [5, 5.41) is 3.30. The normalized spacial score (nSPS) is 25.2. The molecule has 0 aromatic heterocycles. The number of rotatable bonds is 5. The topological polar surface area (TPSA) is 32.3 Å². The number of hydrogen-bond acceptors (Lipinski definition) is 2. The van der Waals surface area contributed by atoms with E-state index in [4.69, 9.17) is 0 Å². The SMILES string of the molecule is CCC(C)CC(C)N1CNC(C(C)C)C1=O. The highest BCUT2D eigenvalue weighted by Gasteiger charge is 2.35. The lowest BCUT2D eigenvalue weighted by molar-refractivity contribution is -0.131. The molecule has 0 aliphatic carbocycles. The summed E-state index contributed by atoms with van der Waals surface area (Å²) in [5.74, 6) is 1.36. The van der Waals surface area contributed by atoms with Crippen LogP contribution in [0.3, 0.4) is 0 Å². The minimum atomic E-state index is 0.0272. The molecule has 3 unspecified atom stereocenters. The van der Waals surface area contributed by atoms with E-state index in [1.165, 1.54) is 6.42 Å². The molecule has 3 heteroatoms. The average Bonchev–Trinajstić information content (AvgIpc) is 2.59. The van der Waals surface area contributed by atoms with Gasteiger partial charge in [0.15, 0.2) is 0 Å². The number of hydrogen-bond donors (Lipinski definition) is 1. The Balaban J connectivity index is 2.53. The molecule has 94 valence electrons. The van der Waals surface area contributed by atoms with Crippen molar-refractivity contribution in [3.63, 3.8) is 0 Å². The van der Waals surface area contributed by atoms with Crippen LogP contribution in [0.2, 0.25) is 0 Å². The van der Waals surface area contributed by atoms with Crippen LogP contribution in [0.5, 0.6) is 0 Å². The summed E-state index contributed by atoms with van der Waals surface area (Å²) in [6, 6.07) is 0.387. The minimum absolute atomic E-state index is 0.0272. The van der Waals surface area contributed by atoms with Gasteiger partial charge in [-0.3, -0.25) is 10.1 Å². The molecular weight excluding hydrogens is 200 g/mol. The first-order chi connectivity index (χ1) is 7.47. The van der Waals surface area contributed by atoms with Crippen molar-refractivity contribution in [3.05, 3.63) is 0 Å².